The fraction of sp³-hybridized carbons (Fsp3) is 0.615. The summed E-state index contributed by atoms with van der Waals surface area (Å²) in [5.41, 5.74) is -0.432. The van der Waals surface area contributed by atoms with Crippen LogP contribution in [0.5, 0.6) is 0 Å². The van der Waals surface area contributed by atoms with Crippen molar-refractivity contribution in [1.29, 1.82) is 0 Å². The number of nitrogens with zero attached hydrogens (tertiary/aromatic N) is 2. The Hall–Kier alpha value is -1.69. The Bertz CT molecular complexity index is 439. The molecule has 0 aromatic carbocycles. The fourth-order valence-corrected chi connectivity index (χ4v) is 1.92. The van der Waals surface area contributed by atoms with Crippen molar-refractivity contribution in [3.8, 4) is 0 Å². The Kier molecular flexibility index (Phi) is 6.81. The first-order valence-electron chi connectivity index (χ1n) is 6.56. The third-order valence-corrected chi connectivity index (χ3v) is 2.92. The van der Waals surface area contributed by atoms with Gasteiger partial charge in [-0.1, -0.05) is 13.3 Å². The van der Waals surface area contributed by atoms with Crippen molar-refractivity contribution in [1.82, 2.24) is 14.9 Å². The van der Waals surface area contributed by atoms with Crippen molar-refractivity contribution < 1.29 is 9.90 Å². The molecule has 0 saturated heterocycles. The van der Waals surface area contributed by atoms with E-state index in [0.29, 0.717) is 13.0 Å². The molecule has 1 unspecified atom stereocenters. The van der Waals surface area contributed by atoms with Gasteiger partial charge in [-0.05, 0) is 24.8 Å². The van der Waals surface area contributed by atoms with Crippen LogP contribution in [0.3, 0.4) is 0 Å². The van der Waals surface area contributed by atoms with Gasteiger partial charge in [0.05, 0.1) is 0 Å². The van der Waals surface area contributed by atoms with E-state index in [1.807, 2.05) is 0 Å². The van der Waals surface area contributed by atoms with E-state index in [9.17, 15) is 9.59 Å². The van der Waals surface area contributed by atoms with Gasteiger partial charge in [-0.25, -0.2) is 9.78 Å². The van der Waals surface area contributed by atoms with E-state index in [2.05, 4.69) is 17.2 Å². The van der Waals surface area contributed by atoms with Gasteiger partial charge < -0.3 is 10.4 Å². The molecule has 106 valence electrons. The number of aliphatic hydroxyl groups excluding tert-OH is 1. The first-order chi connectivity index (χ1) is 9.17. The van der Waals surface area contributed by atoms with E-state index in [4.69, 9.17) is 5.11 Å². The van der Waals surface area contributed by atoms with E-state index in [1.165, 1.54) is 17.0 Å². The monoisotopic (exact) mass is 267 g/mol. The lowest BCUT2D eigenvalue weighted by molar-refractivity contribution is -0.121. The average Bonchev–Trinajstić information content (AvgIpc) is 2.39. The molecule has 1 aromatic rings. The topological polar surface area (TPSA) is 84.2 Å². The normalized spacial score (nSPS) is 12.1. The lowest BCUT2D eigenvalue weighted by Gasteiger charge is -2.15. The van der Waals surface area contributed by atoms with E-state index in [1.54, 1.807) is 6.07 Å². The number of hydrogen-bond donors (Lipinski definition) is 2. The average molecular weight is 267 g/mol. The fourth-order valence-electron chi connectivity index (χ4n) is 1.92. The maximum atomic E-state index is 11.7. The molecule has 1 heterocycles. The highest BCUT2D eigenvalue weighted by molar-refractivity contribution is 5.75. The van der Waals surface area contributed by atoms with E-state index in [0.717, 1.165) is 12.8 Å². The van der Waals surface area contributed by atoms with Crippen molar-refractivity contribution in [3.63, 3.8) is 0 Å². The number of carbonyl (C=O) groups is 1. The summed E-state index contributed by atoms with van der Waals surface area (Å²) in [7, 11) is 0. The molecule has 0 aliphatic rings. The van der Waals surface area contributed by atoms with Gasteiger partial charge in [0.25, 0.3) is 0 Å². The largest absolute Gasteiger partial charge is 0.396 e. The zero-order valence-corrected chi connectivity index (χ0v) is 11.2. The lowest BCUT2D eigenvalue weighted by Crippen LogP contribution is -2.35. The van der Waals surface area contributed by atoms with Crippen molar-refractivity contribution in [2.24, 2.45) is 5.92 Å². The molecular formula is C13H21N3O3. The first kappa shape index (κ1) is 15.4. The summed E-state index contributed by atoms with van der Waals surface area (Å²) in [6, 6.07) is 1.61. The number of aromatic nitrogens is 2. The molecule has 6 nitrogen and oxygen atoms in total. The van der Waals surface area contributed by atoms with Crippen molar-refractivity contribution in [2.45, 2.75) is 32.7 Å². The molecule has 0 spiro atoms. The van der Waals surface area contributed by atoms with Crippen molar-refractivity contribution in [2.75, 3.05) is 13.2 Å². The highest BCUT2D eigenvalue weighted by Gasteiger charge is 2.10. The second-order valence-electron chi connectivity index (χ2n) is 4.50. The minimum Gasteiger partial charge on any atom is -0.396 e. The second-order valence-corrected chi connectivity index (χ2v) is 4.50. The highest BCUT2D eigenvalue weighted by Crippen LogP contribution is 2.09. The summed E-state index contributed by atoms with van der Waals surface area (Å²) < 4.78 is 1.26. The highest BCUT2D eigenvalue weighted by atomic mass is 16.3. The summed E-state index contributed by atoms with van der Waals surface area (Å²) in [5, 5.41) is 11.7. The van der Waals surface area contributed by atoms with Gasteiger partial charge in [0.15, 0.2) is 0 Å². The molecule has 19 heavy (non-hydrogen) atoms. The Morgan fingerprint density at radius 1 is 1.53 bits per heavy atom. The molecule has 0 radical (unpaired) electrons. The standard InChI is InChI=1S/C13H21N3O3/c1-2-4-11(5-8-17)9-15-12(18)10-16-7-3-6-14-13(16)19/h3,6-7,11,17H,2,4-5,8-10H2,1H3,(H,15,18). The van der Waals surface area contributed by atoms with Crippen LogP contribution in [0.2, 0.25) is 0 Å². The van der Waals surface area contributed by atoms with E-state index < -0.39 is 5.69 Å². The molecule has 0 bridgehead atoms. The van der Waals surface area contributed by atoms with Crippen LogP contribution >= 0.6 is 0 Å². The smallest absolute Gasteiger partial charge is 0.347 e. The molecule has 0 aliphatic heterocycles. The van der Waals surface area contributed by atoms with Gasteiger partial charge in [-0.2, -0.15) is 0 Å². The Morgan fingerprint density at radius 3 is 2.95 bits per heavy atom. The summed E-state index contributed by atoms with van der Waals surface area (Å²) in [6.07, 6.45) is 5.60. The van der Waals surface area contributed by atoms with E-state index >= 15 is 0 Å². The maximum absolute atomic E-state index is 11.7. The molecule has 0 saturated carbocycles. The summed E-state index contributed by atoms with van der Waals surface area (Å²) in [4.78, 5) is 26.6. The van der Waals surface area contributed by atoms with Gasteiger partial charge >= 0.3 is 5.69 Å². The molecular weight excluding hydrogens is 246 g/mol. The molecule has 0 fully saturated rings. The molecule has 1 aromatic heterocycles. The number of aliphatic hydroxyl groups is 1. The third-order valence-electron chi connectivity index (χ3n) is 2.92. The van der Waals surface area contributed by atoms with Crippen LogP contribution in [-0.4, -0.2) is 33.7 Å². The number of amides is 1. The van der Waals surface area contributed by atoms with Gasteiger partial charge in [0.1, 0.15) is 6.54 Å². The molecule has 1 amide bonds. The summed E-state index contributed by atoms with van der Waals surface area (Å²) in [6.45, 7) is 2.71. The van der Waals surface area contributed by atoms with Crippen LogP contribution in [-0.2, 0) is 11.3 Å². The number of hydrogen-bond acceptors (Lipinski definition) is 4. The van der Waals surface area contributed by atoms with Crippen molar-refractivity contribution >= 4 is 5.91 Å². The van der Waals surface area contributed by atoms with Crippen LogP contribution in [0.4, 0.5) is 0 Å². The van der Waals surface area contributed by atoms with Gasteiger partial charge in [0.2, 0.25) is 5.91 Å². The zero-order chi connectivity index (χ0) is 14.1. The van der Waals surface area contributed by atoms with Crippen LogP contribution in [0, 0.1) is 5.92 Å². The van der Waals surface area contributed by atoms with Crippen LogP contribution in [0.1, 0.15) is 26.2 Å². The summed E-state index contributed by atoms with van der Waals surface area (Å²) >= 11 is 0. The number of nitrogens with one attached hydrogen (secondary N) is 1. The quantitative estimate of drug-likeness (QED) is 0.702. The molecule has 6 heteroatoms. The number of carbonyl (C=O) groups excluding carboxylic acids is 1. The summed E-state index contributed by atoms with van der Waals surface area (Å²) in [5.74, 6) is 0.0683. The van der Waals surface area contributed by atoms with Gasteiger partial charge in [-0.15, -0.1) is 0 Å². The van der Waals surface area contributed by atoms with Crippen LogP contribution in [0.15, 0.2) is 23.3 Å². The van der Waals surface area contributed by atoms with Crippen LogP contribution < -0.4 is 11.0 Å². The Morgan fingerprint density at radius 2 is 2.32 bits per heavy atom. The Labute approximate surface area is 112 Å². The van der Waals surface area contributed by atoms with Gasteiger partial charge in [0, 0.05) is 25.5 Å². The third kappa shape index (κ3) is 5.65. The molecule has 1 rings (SSSR count). The molecule has 1 atom stereocenters. The first-order valence-corrected chi connectivity index (χ1v) is 6.56. The second kappa shape index (κ2) is 8.42. The Balaban J connectivity index is 2.43. The zero-order valence-electron chi connectivity index (χ0n) is 11.2. The van der Waals surface area contributed by atoms with Crippen LogP contribution in [0.25, 0.3) is 0 Å². The minimum atomic E-state index is -0.432. The molecule has 2 N–H and O–H groups in total. The van der Waals surface area contributed by atoms with Crippen molar-refractivity contribution in [3.05, 3.63) is 28.9 Å². The predicted molar refractivity (Wildman–Crippen MR) is 71.6 cm³/mol. The maximum Gasteiger partial charge on any atom is 0.347 e. The number of rotatable bonds is 8. The van der Waals surface area contributed by atoms with E-state index in [-0.39, 0.29) is 25.0 Å². The predicted octanol–water partition coefficient (Wildman–Crippen LogP) is 0.158. The SMILES string of the molecule is CCCC(CCO)CNC(=O)Cn1cccnc1=O. The molecule has 0 aliphatic carbocycles. The minimum absolute atomic E-state index is 0.0232. The van der Waals surface area contributed by atoms with Gasteiger partial charge in [-0.3, -0.25) is 9.36 Å². The lowest BCUT2D eigenvalue weighted by atomic mass is 10.0.